The fourth-order valence-corrected chi connectivity index (χ4v) is 9.43. The molecule has 0 saturated heterocycles. The SMILES string of the molecule is CCC1(CC)c2ccccc2-c2ccc(N(c3cccc(-c4ccccc4)c3)c3cccc4c3ccc3c5ccccc5sc43)cc21. The second kappa shape index (κ2) is 11.0. The average Bonchev–Trinajstić information content (AvgIpc) is 3.66. The third-order valence-electron chi connectivity index (χ3n) is 10.5. The van der Waals surface area contributed by atoms with Crippen LogP contribution in [-0.4, -0.2) is 0 Å². The van der Waals surface area contributed by atoms with E-state index in [1.54, 1.807) is 0 Å². The van der Waals surface area contributed by atoms with E-state index in [9.17, 15) is 0 Å². The van der Waals surface area contributed by atoms with E-state index in [1.807, 2.05) is 11.3 Å². The van der Waals surface area contributed by atoms with Crippen LogP contribution >= 0.6 is 11.3 Å². The number of thiophene rings is 1. The Morgan fingerprint density at radius 2 is 1.15 bits per heavy atom. The monoisotopic (exact) mass is 621 g/mol. The first-order chi connectivity index (χ1) is 23.2. The van der Waals surface area contributed by atoms with Gasteiger partial charge in [-0.2, -0.15) is 0 Å². The van der Waals surface area contributed by atoms with Crippen LogP contribution in [0.25, 0.3) is 53.2 Å². The molecule has 0 spiro atoms. The van der Waals surface area contributed by atoms with Crippen molar-refractivity contribution in [3.63, 3.8) is 0 Å². The second-order valence-corrected chi connectivity index (χ2v) is 13.8. The zero-order chi connectivity index (χ0) is 31.5. The van der Waals surface area contributed by atoms with Gasteiger partial charge in [-0.05, 0) is 82.6 Å². The number of benzene rings is 7. The van der Waals surface area contributed by atoms with Gasteiger partial charge in [0.15, 0.2) is 0 Å². The predicted octanol–water partition coefficient (Wildman–Crippen LogP) is 13.4. The predicted molar refractivity (Wildman–Crippen MR) is 204 cm³/mol. The summed E-state index contributed by atoms with van der Waals surface area (Å²) in [5.74, 6) is 0. The molecular weight excluding hydrogens is 587 g/mol. The fourth-order valence-electron chi connectivity index (χ4n) is 8.20. The van der Waals surface area contributed by atoms with Gasteiger partial charge in [-0.1, -0.05) is 129 Å². The molecule has 9 rings (SSSR count). The van der Waals surface area contributed by atoms with Crippen LogP contribution < -0.4 is 4.90 Å². The Labute approximate surface area is 280 Å². The summed E-state index contributed by atoms with van der Waals surface area (Å²) < 4.78 is 2.69. The highest BCUT2D eigenvalue weighted by Crippen LogP contribution is 2.54. The Balaban J connectivity index is 1.31. The van der Waals surface area contributed by atoms with E-state index in [2.05, 4.69) is 170 Å². The second-order valence-electron chi connectivity index (χ2n) is 12.7. The minimum Gasteiger partial charge on any atom is -0.310 e. The highest BCUT2D eigenvalue weighted by Gasteiger charge is 2.40. The van der Waals surface area contributed by atoms with Crippen molar-refractivity contribution in [1.82, 2.24) is 0 Å². The summed E-state index contributed by atoms with van der Waals surface area (Å²) in [6, 6.07) is 56.3. The van der Waals surface area contributed by atoms with Crippen molar-refractivity contribution in [2.24, 2.45) is 0 Å². The molecule has 0 unspecified atom stereocenters. The van der Waals surface area contributed by atoms with E-state index in [4.69, 9.17) is 0 Å². The van der Waals surface area contributed by atoms with Gasteiger partial charge in [-0.25, -0.2) is 0 Å². The van der Waals surface area contributed by atoms with Gasteiger partial charge in [0.05, 0.1) is 5.69 Å². The Morgan fingerprint density at radius 1 is 0.489 bits per heavy atom. The van der Waals surface area contributed by atoms with Gasteiger partial charge < -0.3 is 4.90 Å². The van der Waals surface area contributed by atoms with Crippen LogP contribution in [0.15, 0.2) is 152 Å². The Hall–Kier alpha value is -5.18. The lowest BCUT2D eigenvalue weighted by atomic mass is 9.74. The van der Waals surface area contributed by atoms with Crippen molar-refractivity contribution in [3.8, 4) is 22.3 Å². The highest BCUT2D eigenvalue weighted by molar-refractivity contribution is 7.26. The number of rotatable bonds is 6. The van der Waals surface area contributed by atoms with Crippen molar-refractivity contribution in [3.05, 3.63) is 163 Å². The largest absolute Gasteiger partial charge is 0.310 e. The fraction of sp³-hybridized carbons (Fsp3) is 0.111. The number of nitrogens with zero attached hydrogens (tertiary/aromatic N) is 1. The number of hydrogen-bond acceptors (Lipinski definition) is 2. The minimum atomic E-state index is 0.00148. The van der Waals surface area contributed by atoms with Gasteiger partial charge in [0.25, 0.3) is 0 Å². The molecule has 0 saturated carbocycles. The van der Waals surface area contributed by atoms with Gasteiger partial charge in [0.2, 0.25) is 0 Å². The smallest absolute Gasteiger partial charge is 0.0540 e. The standard InChI is InChI=1S/C45H35NS/c1-3-45(4-2)40-21-10-8-18-34(40)35-25-24-33(29-41(35)45)46(32-17-12-16-31(28-32)30-14-6-5-7-15-30)42-22-13-20-38-36(42)26-27-39-37-19-9-11-23-43(37)47-44(38)39/h5-29H,3-4H2,1-2H3. The Kier molecular flexibility index (Phi) is 6.55. The molecule has 226 valence electrons. The number of hydrogen-bond donors (Lipinski definition) is 0. The summed E-state index contributed by atoms with van der Waals surface area (Å²) in [6.45, 7) is 4.70. The van der Waals surface area contributed by atoms with Crippen LogP contribution in [0.1, 0.15) is 37.8 Å². The third-order valence-corrected chi connectivity index (χ3v) is 11.8. The van der Waals surface area contributed by atoms with Crippen LogP contribution in [0.5, 0.6) is 0 Å². The average molecular weight is 622 g/mol. The molecule has 1 heterocycles. The maximum atomic E-state index is 2.49. The summed E-state index contributed by atoms with van der Waals surface area (Å²) in [5, 5.41) is 5.23. The van der Waals surface area contributed by atoms with Gasteiger partial charge in [-0.15, -0.1) is 11.3 Å². The molecule has 0 amide bonds. The molecule has 2 heteroatoms. The van der Waals surface area contributed by atoms with Crippen molar-refractivity contribution in [1.29, 1.82) is 0 Å². The lowest BCUT2D eigenvalue weighted by molar-refractivity contribution is 0.490. The third kappa shape index (κ3) is 4.21. The maximum Gasteiger partial charge on any atom is 0.0540 e. The van der Waals surface area contributed by atoms with Crippen LogP contribution in [0, 0.1) is 0 Å². The summed E-state index contributed by atoms with van der Waals surface area (Å²) in [6.07, 6.45) is 2.14. The molecule has 1 aromatic heterocycles. The van der Waals surface area contributed by atoms with E-state index >= 15 is 0 Å². The summed E-state index contributed by atoms with van der Waals surface area (Å²) in [4.78, 5) is 2.49. The van der Waals surface area contributed by atoms with Crippen molar-refractivity contribution in [2.45, 2.75) is 32.1 Å². The molecular formula is C45H35NS. The normalized spacial score (nSPS) is 13.2. The number of fused-ring (bicyclic) bond motifs is 8. The highest BCUT2D eigenvalue weighted by atomic mass is 32.1. The molecule has 1 aliphatic rings. The first-order valence-electron chi connectivity index (χ1n) is 16.7. The maximum absolute atomic E-state index is 2.49. The zero-order valence-electron chi connectivity index (χ0n) is 26.7. The molecule has 47 heavy (non-hydrogen) atoms. The van der Waals surface area contributed by atoms with Gasteiger partial charge in [0, 0.05) is 47.7 Å². The first kappa shape index (κ1) is 28.1. The van der Waals surface area contributed by atoms with Crippen LogP contribution in [0.4, 0.5) is 17.1 Å². The molecule has 7 aromatic carbocycles. The van der Waals surface area contributed by atoms with E-state index in [1.165, 1.54) is 75.7 Å². The Morgan fingerprint density at radius 3 is 2.02 bits per heavy atom. The molecule has 0 aliphatic heterocycles. The molecule has 0 fully saturated rings. The molecule has 1 aliphatic carbocycles. The summed E-state index contributed by atoms with van der Waals surface area (Å²) >= 11 is 1.90. The Bertz CT molecular complexity index is 2450. The zero-order valence-corrected chi connectivity index (χ0v) is 27.5. The molecule has 0 atom stereocenters. The quantitative estimate of drug-likeness (QED) is 0.179. The van der Waals surface area contributed by atoms with E-state index in [-0.39, 0.29) is 5.41 Å². The summed E-state index contributed by atoms with van der Waals surface area (Å²) in [7, 11) is 0. The summed E-state index contributed by atoms with van der Waals surface area (Å²) in [5.41, 5.74) is 11.6. The lowest BCUT2D eigenvalue weighted by Gasteiger charge is -2.32. The number of anilines is 3. The molecule has 8 aromatic rings. The van der Waals surface area contributed by atoms with E-state index < -0.39 is 0 Å². The molecule has 1 nitrogen and oxygen atoms in total. The van der Waals surface area contributed by atoms with E-state index in [0.29, 0.717) is 0 Å². The molecule has 0 bridgehead atoms. The molecule has 0 radical (unpaired) electrons. The minimum absolute atomic E-state index is 0.00148. The topological polar surface area (TPSA) is 3.24 Å². The van der Waals surface area contributed by atoms with Crippen LogP contribution in [0.2, 0.25) is 0 Å². The van der Waals surface area contributed by atoms with Gasteiger partial charge in [0.1, 0.15) is 0 Å². The van der Waals surface area contributed by atoms with E-state index in [0.717, 1.165) is 18.5 Å². The van der Waals surface area contributed by atoms with Crippen molar-refractivity contribution >= 4 is 59.3 Å². The van der Waals surface area contributed by atoms with Crippen molar-refractivity contribution < 1.29 is 0 Å². The van der Waals surface area contributed by atoms with Crippen LogP contribution in [0.3, 0.4) is 0 Å². The first-order valence-corrected chi connectivity index (χ1v) is 17.5. The van der Waals surface area contributed by atoms with Crippen molar-refractivity contribution in [2.75, 3.05) is 4.90 Å². The van der Waals surface area contributed by atoms with Crippen LogP contribution in [-0.2, 0) is 5.41 Å². The van der Waals surface area contributed by atoms with Gasteiger partial charge >= 0.3 is 0 Å². The van der Waals surface area contributed by atoms with Gasteiger partial charge in [-0.3, -0.25) is 0 Å². The lowest BCUT2D eigenvalue weighted by Crippen LogP contribution is -2.23. The molecule has 0 N–H and O–H groups in total.